The van der Waals surface area contributed by atoms with E-state index in [1.165, 1.54) is 12.1 Å². The van der Waals surface area contributed by atoms with Crippen molar-refractivity contribution in [3.8, 4) is 0 Å². The third kappa shape index (κ3) is 3.59. The zero-order valence-electron chi connectivity index (χ0n) is 9.38. The number of aliphatic hydroxyl groups is 1. The molecule has 0 spiro atoms. The van der Waals surface area contributed by atoms with Gasteiger partial charge in [0.2, 0.25) is 0 Å². The van der Waals surface area contributed by atoms with E-state index in [0.29, 0.717) is 6.42 Å². The first-order chi connectivity index (χ1) is 7.45. The van der Waals surface area contributed by atoms with Crippen LogP contribution < -0.4 is 0 Å². The first-order valence-electron chi connectivity index (χ1n) is 5.10. The van der Waals surface area contributed by atoms with Crippen molar-refractivity contribution in [1.82, 2.24) is 0 Å². The molecule has 1 aromatic carbocycles. The molecule has 0 amide bonds. The third-order valence-electron chi connectivity index (χ3n) is 2.20. The molecule has 0 aliphatic carbocycles. The van der Waals surface area contributed by atoms with Crippen LogP contribution in [-0.4, -0.2) is 26.2 Å². The molecule has 1 unspecified atom stereocenters. The SMILES string of the molecule is CCC(O)COS(=O)(=O)c1ccc(C)cc1. The molecule has 0 saturated carbocycles. The molecule has 16 heavy (non-hydrogen) atoms. The lowest BCUT2D eigenvalue weighted by atomic mass is 10.2. The minimum atomic E-state index is -3.74. The maximum Gasteiger partial charge on any atom is 0.297 e. The van der Waals surface area contributed by atoms with Gasteiger partial charge in [-0.25, -0.2) is 0 Å². The second-order valence-electron chi connectivity index (χ2n) is 3.61. The summed E-state index contributed by atoms with van der Waals surface area (Å²) in [5, 5.41) is 9.22. The van der Waals surface area contributed by atoms with Gasteiger partial charge in [-0.1, -0.05) is 24.6 Å². The highest BCUT2D eigenvalue weighted by Crippen LogP contribution is 2.13. The van der Waals surface area contributed by atoms with E-state index in [4.69, 9.17) is 4.18 Å². The monoisotopic (exact) mass is 244 g/mol. The fourth-order valence-corrected chi connectivity index (χ4v) is 2.00. The Morgan fingerprint density at radius 3 is 2.38 bits per heavy atom. The molecule has 4 nitrogen and oxygen atoms in total. The predicted octanol–water partition coefficient (Wildman–Crippen LogP) is 1.47. The number of hydrogen-bond acceptors (Lipinski definition) is 4. The molecule has 5 heteroatoms. The Morgan fingerprint density at radius 1 is 1.31 bits per heavy atom. The lowest BCUT2D eigenvalue weighted by Gasteiger charge is -2.09. The summed E-state index contributed by atoms with van der Waals surface area (Å²) in [5.74, 6) is 0. The molecule has 1 atom stereocenters. The summed E-state index contributed by atoms with van der Waals surface area (Å²) in [6.45, 7) is 3.43. The third-order valence-corrected chi connectivity index (χ3v) is 3.49. The average molecular weight is 244 g/mol. The van der Waals surface area contributed by atoms with Crippen molar-refractivity contribution in [2.45, 2.75) is 31.3 Å². The topological polar surface area (TPSA) is 63.6 Å². The van der Waals surface area contributed by atoms with Gasteiger partial charge in [0.05, 0.1) is 17.6 Å². The Labute approximate surface area is 96.0 Å². The molecule has 0 saturated heterocycles. The number of aryl methyl sites for hydroxylation is 1. The highest BCUT2D eigenvalue weighted by Gasteiger charge is 2.16. The number of hydrogen-bond donors (Lipinski definition) is 1. The average Bonchev–Trinajstić information content (AvgIpc) is 2.26. The van der Waals surface area contributed by atoms with E-state index < -0.39 is 16.2 Å². The number of aliphatic hydroxyl groups excluding tert-OH is 1. The van der Waals surface area contributed by atoms with Gasteiger partial charge in [-0.3, -0.25) is 4.18 Å². The Hall–Kier alpha value is -0.910. The summed E-state index contributed by atoms with van der Waals surface area (Å²) in [7, 11) is -3.74. The Bertz CT molecular complexity index is 422. The van der Waals surface area contributed by atoms with Crippen LogP contribution in [0, 0.1) is 6.92 Å². The fourth-order valence-electron chi connectivity index (χ4n) is 1.06. The minimum absolute atomic E-state index is 0.112. The fraction of sp³-hybridized carbons (Fsp3) is 0.455. The molecule has 0 aliphatic heterocycles. The second-order valence-corrected chi connectivity index (χ2v) is 5.23. The maximum atomic E-state index is 11.6. The molecule has 0 fully saturated rings. The highest BCUT2D eigenvalue weighted by atomic mass is 32.2. The summed E-state index contributed by atoms with van der Waals surface area (Å²) < 4.78 is 28.0. The molecule has 1 aromatic rings. The van der Waals surface area contributed by atoms with Gasteiger partial charge in [0, 0.05) is 0 Å². The Morgan fingerprint density at radius 2 is 1.88 bits per heavy atom. The van der Waals surface area contributed by atoms with Gasteiger partial charge in [0.1, 0.15) is 0 Å². The van der Waals surface area contributed by atoms with E-state index in [1.54, 1.807) is 19.1 Å². The van der Waals surface area contributed by atoms with Gasteiger partial charge in [0.25, 0.3) is 10.1 Å². The lowest BCUT2D eigenvalue weighted by Crippen LogP contribution is -2.18. The molecule has 0 radical (unpaired) electrons. The van der Waals surface area contributed by atoms with Crippen molar-refractivity contribution < 1.29 is 17.7 Å². The highest BCUT2D eigenvalue weighted by molar-refractivity contribution is 7.86. The van der Waals surface area contributed by atoms with Crippen LogP contribution in [0.15, 0.2) is 29.2 Å². The van der Waals surface area contributed by atoms with Crippen LogP contribution in [0.4, 0.5) is 0 Å². The normalized spacial score (nSPS) is 13.7. The van der Waals surface area contributed by atoms with Crippen LogP contribution in [0.1, 0.15) is 18.9 Å². The zero-order valence-corrected chi connectivity index (χ0v) is 10.2. The summed E-state index contributed by atoms with van der Waals surface area (Å²) in [6.07, 6.45) is -0.288. The number of rotatable bonds is 5. The lowest BCUT2D eigenvalue weighted by molar-refractivity contribution is 0.107. The summed E-state index contributed by atoms with van der Waals surface area (Å²) >= 11 is 0. The Balaban J connectivity index is 2.74. The zero-order chi connectivity index (χ0) is 12.2. The van der Waals surface area contributed by atoms with E-state index in [9.17, 15) is 13.5 Å². The summed E-state index contributed by atoms with van der Waals surface area (Å²) in [4.78, 5) is 0.112. The number of benzene rings is 1. The molecular formula is C11H16O4S. The molecule has 0 bridgehead atoms. The predicted molar refractivity (Wildman–Crippen MR) is 60.6 cm³/mol. The summed E-state index contributed by atoms with van der Waals surface area (Å²) in [5.41, 5.74) is 0.979. The molecular weight excluding hydrogens is 228 g/mol. The van der Waals surface area contributed by atoms with Crippen molar-refractivity contribution in [1.29, 1.82) is 0 Å². The molecule has 90 valence electrons. The van der Waals surface area contributed by atoms with Gasteiger partial charge >= 0.3 is 0 Å². The van der Waals surface area contributed by atoms with Crippen LogP contribution in [0.5, 0.6) is 0 Å². The first kappa shape index (κ1) is 13.2. The van der Waals surface area contributed by atoms with Crippen LogP contribution in [0.25, 0.3) is 0 Å². The molecule has 1 N–H and O–H groups in total. The van der Waals surface area contributed by atoms with Crippen molar-refractivity contribution in [2.75, 3.05) is 6.61 Å². The van der Waals surface area contributed by atoms with Crippen molar-refractivity contribution >= 4 is 10.1 Å². The van der Waals surface area contributed by atoms with Crippen molar-refractivity contribution in [3.05, 3.63) is 29.8 Å². The molecule has 0 heterocycles. The van der Waals surface area contributed by atoms with E-state index >= 15 is 0 Å². The smallest absolute Gasteiger partial charge is 0.297 e. The molecule has 0 aliphatic rings. The van der Waals surface area contributed by atoms with Gasteiger partial charge in [-0.2, -0.15) is 8.42 Å². The standard InChI is InChI=1S/C11H16O4S/c1-3-10(12)8-15-16(13,14)11-6-4-9(2)5-7-11/h4-7,10,12H,3,8H2,1-2H3. The quantitative estimate of drug-likeness (QED) is 0.797. The van der Waals surface area contributed by atoms with Gasteiger partial charge < -0.3 is 5.11 Å². The van der Waals surface area contributed by atoms with Gasteiger partial charge in [-0.15, -0.1) is 0 Å². The molecule has 0 aromatic heterocycles. The van der Waals surface area contributed by atoms with Crippen molar-refractivity contribution in [2.24, 2.45) is 0 Å². The van der Waals surface area contributed by atoms with Crippen LogP contribution in [-0.2, 0) is 14.3 Å². The second kappa shape index (κ2) is 5.43. The van der Waals surface area contributed by atoms with Gasteiger partial charge in [-0.05, 0) is 25.5 Å². The van der Waals surface area contributed by atoms with E-state index in [1.807, 2.05) is 6.92 Å². The largest absolute Gasteiger partial charge is 0.391 e. The van der Waals surface area contributed by atoms with E-state index in [0.717, 1.165) is 5.56 Å². The van der Waals surface area contributed by atoms with Crippen LogP contribution in [0.3, 0.4) is 0 Å². The Kier molecular flexibility index (Phi) is 4.46. The summed E-state index contributed by atoms with van der Waals surface area (Å²) in [6, 6.07) is 6.38. The van der Waals surface area contributed by atoms with Crippen LogP contribution >= 0.6 is 0 Å². The van der Waals surface area contributed by atoms with Crippen molar-refractivity contribution in [3.63, 3.8) is 0 Å². The van der Waals surface area contributed by atoms with Crippen LogP contribution in [0.2, 0.25) is 0 Å². The van der Waals surface area contributed by atoms with Gasteiger partial charge in [0.15, 0.2) is 0 Å². The molecule has 1 rings (SSSR count). The van der Waals surface area contributed by atoms with E-state index in [-0.39, 0.29) is 11.5 Å². The maximum absolute atomic E-state index is 11.6. The minimum Gasteiger partial charge on any atom is -0.391 e. The van der Waals surface area contributed by atoms with E-state index in [2.05, 4.69) is 0 Å². The first-order valence-corrected chi connectivity index (χ1v) is 6.50.